The molecule has 0 fully saturated rings. The lowest BCUT2D eigenvalue weighted by molar-refractivity contribution is -0.385. The second-order valence-electron chi connectivity index (χ2n) is 6.36. The zero-order valence-corrected chi connectivity index (χ0v) is 14.5. The fourth-order valence-electron chi connectivity index (χ4n) is 2.16. The number of aromatic hydroxyl groups is 1. The molecule has 0 aliphatic carbocycles. The number of nitrogens with zero attached hydrogens (tertiary/aromatic N) is 1. The van der Waals surface area contributed by atoms with Gasteiger partial charge in [0.2, 0.25) is 0 Å². The first kappa shape index (κ1) is 17.9. The molecule has 2 N–H and O–H groups in total. The van der Waals surface area contributed by atoms with Crippen LogP contribution in [0.4, 0.5) is 5.69 Å². The first-order chi connectivity index (χ1) is 11.1. The zero-order valence-electron chi connectivity index (χ0n) is 13.5. The van der Waals surface area contributed by atoms with Crippen molar-refractivity contribution < 1.29 is 24.4 Å². The van der Waals surface area contributed by atoms with Gasteiger partial charge in [0.25, 0.3) is 15.5 Å². The van der Waals surface area contributed by atoms with Gasteiger partial charge in [-0.25, -0.2) is 0 Å². The van der Waals surface area contributed by atoms with E-state index in [1.54, 1.807) is 26.8 Å². The van der Waals surface area contributed by atoms with Crippen molar-refractivity contribution in [2.24, 2.45) is 5.41 Å². The summed E-state index contributed by atoms with van der Waals surface area (Å²) in [6.45, 7) is 4.87. The summed E-state index contributed by atoms with van der Waals surface area (Å²) < 4.78 is 5.17. The first-order valence-electron chi connectivity index (χ1n) is 7.15. The van der Waals surface area contributed by atoms with Gasteiger partial charge in [-0.05, 0) is 43.7 Å². The number of carbonyl (C=O) groups is 1. The molecule has 0 spiro atoms. The van der Waals surface area contributed by atoms with E-state index in [-0.39, 0.29) is 28.8 Å². The van der Waals surface area contributed by atoms with Crippen LogP contribution in [0.1, 0.15) is 26.3 Å². The molecule has 0 saturated carbocycles. The molecule has 126 valence electrons. The quantitative estimate of drug-likeness (QED) is 0.377. The van der Waals surface area contributed by atoms with Crippen LogP contribution in [0.5, 0.6) is 5.75 Å². The van der Waals surface area contributed by atoms with E-state index in [2.05, 4.69) is 0 Å². The van der Waals surface area contributed by atoms with Crippen LogP contribution in [-0.4, -0.2) is 30.6 Å². The van der Waals surface area contributed by atoms with Gasteiger partial charge in [0.1, 0.15) is 12.4 Å². The van der Waals surface area contributed by atoms with Crippen molar-refractivity contribution in [2.45, 2.75) is 27.4 Å². The van der Waals surface area contributed by atoms with Crippen LogP contribution < -0.4 is 5.19 Å². The summed E-state index contributed by atoms with van der Waals surface area (Å²) in [6, 6.07) is 5.82. The van der Waals surface area contributed by atoms with Crippen molar-refractivity contribution in [3.8, 4) is 5.75 Å². The smallest absolute Gasteiger partial charge is 0.311 e. The number of phenolic OH excluding ortho intramolecular Hbond substituents is 1. The standard InChI is InChI=1S/C16H17NO6Si/c1-16(2,3)15(19)23-8-10-6-9-4-5-13(18)14(24-22)11(9)7-12(10)17(20)21/h4-7,18,22H,8H2,1-3H3. The number of phenols is 1. The molecule has 2 aromatic carbocycles. The highest BCUT2D eigenvalue weighted by atomic mass is 28.2. The molecule has 2 radical (unpaired) electrons. The van der Waals surface area contributed by atoms with E-state index in [1.807, 2.05) is 0 Å². The monoisotopic (exact) mass is 347 g/mol. The van der Waals surface area contributed by atoms with Crippen LogP contribution in [0.2, 0.25) is 0 Å². The minimum absolute atomic E-state index is 0.121. The van der Waals surface area contributed by atoms with E-state index in [0.717, 1.165) is 0 Å². The molecular weight excluding hydrogens is 330 g/mol. The third kappa shape index (κ3) is 3.55. The third-order valence-corrected chi connectivity index (χ3v) is 4.23. The number of hydrogen-bond donors (Lipinski definition) is 2. The number of ether oxygens (including phenoxy) is 1. The average molecular weight is 347 g/mol. The van der Waals surface area contributed by atoms with Crippen molar-refractivity contribution in [1.82, 2.24) is 0 Å². The number of rotatable bonds is 4. The SMILES string of the molecule is CC(C)(C)C(=O)OCc1cc2ccc(O)c([Si]O)c2cc1[N+](=O)[O-]. The highest BCUT2D eigenvalue weighted by molar-refractivity contribution is 6.51. The fraction of sp³-hybridized carbons (Fsp3) is 0.312. The summed E-state index contributed by atoms with van der Waals surface area (Å²) in [6.07, 6.45) is 0. The summed E-state index contributed by atoms with van der Waals surface area (Å²) in [4.78, 5) is 32.0. The summed E-state index contributed by atoms with van der Waals surface area (Å²) in [5.74, 6) is -0.579. The van der Waals surface area contributed by atoms with Gasteiger partial charge < -0.3 is 14.6 Å². The second kappa shape index (κ2) is 6.58. The summed E-state index contributed by atoms with van der Waals surface area (Å²) in [5.41, 5.74) is -0.680. The van der Waals surface area contributed by atoms with Gasteiger partial charge in [0.05, 0.1) is 15.9 Å². The predicted molar refractivity (Wildman–Crippen MR) is 89.1 cm³/mol. The van der Waals surface area contributed by atoms with Crippen LogP contribution in [-0.2, 0) is 16.1 Å². The highest BCUT2D eigenvalue weighted by Gasteiger charge is 2.25. The topological polar surface area (TPSA) is 110 Å². The number of benzene rings is 2. The van der Waals surface area contributed by atoms with Gasteiger partial charge in [-0.15, -0.1) is 0 Å². The summed E-state index contributed by atoms with van der Waals surface area (Å²) in [5, 5.41) is 22.4. The second-order valence-corrected chi connectivity index (χ2v) is 7.08. The Morgan fingerprint density at radius 2 is 2.00 bits per heavy atom. The van der Waals surface area contributed by atoms with E-state index in [9.17, 15) is 24.8 Å². The molecule has 0 aliphatic heterocycles. The Morgan fingerprint density at radius 3 is 2.54 bits per heavy atom. The van der Waals surface area contributed by atoms with Gasteiger partial charge in [0, 0.05) is 11.3 Å². The predicted octanol–water partition coefficient (Wildman–Crippen LogP) is 1.78. The van der Waals surface area contributed by atoms with Crippen molar-refractivity contribution in [2.75, 3.05) is 0 Å². The molecule has 0 saturated heterocycles. The Morgan fingerprint density at radius 1 is 1.33 bits per heavy atom. The lowest BCUT2D eigenvalue weighted by atomic mass is 9.97. The molecule has 2 aromatic rings. The molecule has 0 bridgehead atoms. The van der Waals surface area contributed by atoms with Gasteiger partial charge in [-0.1, -0.05) is 6.07 Å². The number of nitro benzene ring substituents is 1. The van der Waals surface area contributed by atoms with Gasteiger partial charge in [-0.2, -0.15) is 0 Å². The summed E-state index contributed by atoms with van der Waals surface area (Å²) >= 11 is 0. The molecule has 7 nitrogen and oxygen atoms in total. The molecule has 2 rings (SSSR count). The number of esters is 1. The Hall–Kier alpha value is -2.45. The number of nitro groups is 1. The van der Waals surface area contributed by atoms with Crippen LogP contribution >= 0.6 is 0 Å². The van der Waals surface area contributed by atoms with Crippen LogP contribution in [0.15, 0.2) is 24.3 Å². The largest absolute Gasteiger partial charge is 0.508 e. The maximum absolute atomic E-state index is 11.9. The minimum Gasteiger partial charge on any atom is -0.508 e. The molecule has 8 heteroatoms. The maximum Gasteiger partial charge on any atom is 0.311 e. The van der Waals surface area contributed by atoms with Gasteiger partial charge in [0.15, 0.2) is 0 Å². The Balaban J connectivity index is 2.50. The van der Waals surface area contributed by atoms with Crippen molar-refractivity contribution in [3.63, 3.8) is 0 Å². The fourth-order valence-corrected chi connectivity index (χ4v) is 2.69. The molecular formula is C16H17NO6Si. The van der Waals surface area contributed by atoms with Crippen molar-refractivity contribution >= 4 is 37.4 Å². The highest BCUT2D eigenvalue weighted by Crippen LogP contribution is 2.28. The molecule has 0 aromatic heterocycles. The number of carbonyl (C=O) groups excluding carboxylic acids is 1. The molecule has 0 atom stereocenters. The third-order valence-electron chi connectivity index (χ3n) is 3.48. The summed E-state index contributed by atoms with van der Waals surface area (Å²) in [7, 11) is -0.699. The Bertz CT molecular complexity index is 812. The van der Waals surface area contributed by atoms with Crippen LogP contribution in [0, 0.1) is 15.5 Å². The van der Waals surface area contributed by atoms with E-state index in [0.29, 0.717) is 10.8 Å². The molecule has 0 aliphatic rings. The van der Waals surface area contributed by atoms with Crippen LogP contribution in [0.25, 0.3) is 10.8 Å². The first-order valence-corrected chi connectivity index (χ1v) is 8.10. The lowest BCUT2D eigenvalue weighted by Gasteiger charge is -2.17. The number of fused-ring (bicyclic) bond motifs is 1. The lowest BCUT2D eigenvalue weighted by Crippen LogP contribution is -2.23. The van der Waals surface area contributed by atoms with Gasteiger partial charge >= 0.3 is 5.97 Å². The van der Waals surface area contributed by atoms with E-state index < -0.39 is 26.1 Å². The maximum atomic E-state index is 11.9. The van der Waals surface area contributed by atoms with Crippen molar-refractivity contribution in [3.05, 3.63) is 39.9 Å². The molecule has 0 heterocycles. The zero-order chi connectivity index (χ0) is 18.1. The average Bonchev–Trinajstić information content (AvgIpc) is 2.50. The minimum atomic E-state index is -0.706. The van der Waals surface area contributed by atoms with E-state index in [1.165, 1.54) is 18.2 Å². The molecule has 24 heavy (non-hydrogen) atoms. The van der Waals surface area contributed by atoms with Crippen molar-refractivity contribution in [1.29, 1.82) is 0 Å². The van der Waals surface area contributed by atoms with E-state index >= 15 is 0 Å². The van der Waals surface area contributed by atoms with Gasteiger partial charge in [-0.3, -0.25) is 14.9 Å². The normalized spacial score (nSPS) is 11.5. The molecule has 0 unspecified atom stereocenters. The van der Waals surface area contributed by atoms with E-state index in [4.69, 9.17) is 4.74 Å². The number of hydrogen-bond acceptors (Lipinski definition) is 6. The Kier molecular flexibility index (Phi) is 4.90. The van der Waals surface area contributed by atoms with Crippen LogP contribution in [0.3, 0.4) is 0 Å². The Labute approximate surface area is 141 Å². The molecule has 0 amide bonds.